The first-order chi connectivity index (χ1) is 7.76. The molecule has 0 unspecified atom stereocenters. The van der Waals surface area contributed by atoms with Crippen LogP contribution in [0.25, 0.3) is 0 Å². The predicted molar refractivity (Wildman–Crippen MR) is 67.0 cm³/mol. The quantitative estimate of drug-likeness (QED) is 0.731. The highest BCUT2D eigenvalue weighted by Crippen LogP contribution is 2.08. The highest BCUT2D eigenvalue weighted by Gasteiger charge is 1.99. The average molecular weight is 216 g/mol. The number of hydrogen-bond acceptors (Lipinski definition) is 2. The zero-order chi connectivity index (χ0) is 11.8. The van der Waals surface area contributed by atoms with Crippen molar-refractivity contribution in [2.45, 2.75) is 32.7 Å². The topological polar surface area (TPSA) is 27.0 Å². The van der Waals surface area contributed by atoms with Crippen molar-refractivity contribution in [3.8, 4) is 6.07 Å². The third-order valence-electron chi connectivity index (χ3n) is 2.62. The predicted octanol–water partition coefficient (Wildman–Crippen LogP) is 2.98. The Hall–Kier alpha value is -1.33. The average Bonchev–Trinajstić information content (AvgIpc) is 2.29. The van der Waals surface area contributed by atoms with E-state index >= 15 is 0 Å². The molecule has 0 radical (unpaired) electrons. The first kappa shape index (κ1) is 12.7. The number of rotatable bonds is 6. The lowest BCUT2D eigenvalue weighted by Crippen LogP contribution is -2.18. The summed E-state index contributed by atoms with van der Waals surface area (Å²) in [5.41, 5.74) is 2.73. The van der Waals surface area contributed by atoms with Crippen molar-refractivity contribution >= 4 is 0 Å². The van der Waals surface area contributed by atoms with E-state index < -0.39 is 0 Å². The molecule has 2 nitrogen and oxygen atoms in total. The van der Waals surface area contributed by atoms with Gasteiger partial charge in [0.05, 0.1) is 6.07 Å². The van der Waals surface area contributed by atoms with Crippen LogP contribution in [0.5, 0.6) is 0 Å². The summed E-state index contributed by atoms with van der Waals surface area (Å²) in [6.07, 6.45) is 2.95. The van der Waals surface area contributed by atoms with E-state index in [1.807, 2.05) is 0 Å². The fraction of sp³-hybridized carbons (Fsp3) is 0.500. The van der Waals surface area contributed by atoms with Crippen molar-refractivity contribution in [3.05, 3.63) is 35.4 Å². The first-order valence-electron chi connectivity index (χ1n) is 5.89. The summed E-state index contributed by atoms with van der Waals surface area (Å²) < 4.78 is 0. The van der Waals surface area contributed by atoms with Gasteiger partial charge in [0.25, 0.3) is 0 Å². The molecule has 0 amide bonds. The second-order valence-electron chi connectivity index (χ2n) is 4.21. The molecule has 1 aromatic carbocycles. The van der Waals surface area contributed by atoms with Gasteiger partial charge in [0, 0.05) is 19.5 Å². The van der Waals surface area contributed by atoms with Gasteiger partial charge in [0.15, 0.2) is 0 Å². The monoisotopic (exact) mass is 216 g/mol. The second kappa shape index (κ2) is 7.03. The number of benzene rings is 1. The lowest BCUT2D eigenvalue weighted by Gasteiger charge is -2.14. The molecule has 1 aromatic rings. The molecule has 0 atom stereocenters. The van der Waals surface area contributed by atoms with Gasteiger partial charge in [-0.05, 0) is 24.6 Å². The number of hydrogen-bond donors (Lipinski definition) is 0. The van der Waals surface area contributed by atoms with Gasteiger partial charge in [0.1, 0.15) is 0 Å². The molecule has 0 aromatic heterocycles. The molecular weight excluding hydrogens is 196 g/mol. The van der Waals surface area contributed by atoms with Gasteiger partial charge >= 0.3 is 0 Å². The van der Waals surface area contributed by atoms with Crippen LogP contribution in [0, 0.1) is 11.3 Å². The summed E-state index contributed by atoms with van der Waals surface area (Å²) in [6, 6.07) is 11.0. The fourth-order valence-electron chi connectivity index (χ4n) is 1.73. The number of nitrogens with zero attached hydrogens (tertiary/aromatic N) is 2. The van der Waals surface area contributed by atoms with Gasteiger partial charge in [-0.3, -0.25) is 0 Å². The van der Waals surface area contributed by atoms with E-state index in [4.69, 9.17) is 5.26 Å². The molecule has 2 heteroatoms. The SMILES string of the molecule is CCCc1ccc(CN(C)CCC#N)cc1. The van der Waals surface area contributed by atoms with Crippen molar-refractivity contribution in [2.75, 3.05) is 13.6 Å². The van der Waals surface area contributed by atoms with Gasteiger partial charge in [-0.15, -0.1) is 0 Å². The first-order valence-corrected chi connectivity index (χ1v) is 5.89. The van der Waals surface area contributed by atoms with E-state index in [0.29, 0.717) is 6.42 Å². The van der Waals surface area contributed by atoms with E-state index in [1.165, 1.54) is 17.5 Å². The van der Waals surface area contributed by atoms with E-state index in [2.05, 4.69) is 49.2 Å². The molecule has 0 spiro atoms. The molecule has 86 valence electrons. The normalized spacial score (nSPS) is 10.4. The second-order valence-corrected chi connectivity index (χ2v) is 4.21. The number of nitriles is 1. The molecule has 0 N–H and O–H groups in total. The molecule has 0 aliphatic heterocycles. The van der Waals surface area contributed by atoms with Gasteiger partial charge in [-0.2, -0.15) is 5.26 Å². The summed E-state index contributed by atoms with van der Waals surface area (Å²) in [4.78, 5) is 2.18. The van der Waals surface area contributed by atoms with Gasteiger partial charge in [-0.25, -0.2) is 0 Å². The molecule has 0 saturated heterocycles. The summed E-state index contributed by atoms with van der Waals surface area (Å²) in [5, 5.41) is 8.50. The standard InChI is InChI=1S/C14H20N2/c1-3-5-13-6-8-14(9-7-13)12-16(2)11-4-10-15/h6-9H,3-5,11-12H2,1-2H3. The zero-order valence-electron chi connectivity index (χ0n) is 10.2. The smallest absolute Gasteiger partial charge is 0.0635 e. The summed E-state index contributed by atoms with van der Waals surface area (Å²) >= 11 is 0. The van der Waals surface area contributed by atoms with Crippen LogP contribution in [0.2, 0.25) is 0 Å². The van der Waals surface area contributed by atoms with E-state index in [1.54, 1.807) is 0 Å². The Morgan fingerprint density at radius 3 is 2.38 bits per heavy atom. The van der Waals surface area contributed by atoms with Gasteiger partial charge < -0.3 is 4.90 Å². The summed E-state index contributed by atoms with van der Waals surface area (Å²) in [6.45, 7) is 3.96. The van der Waals surface area contributed by atoms with Crippen LogP contribution in [0.1, 0.15) is 30.9 Å². The van der Waals surface area contributed by atoms with Crippen LogP contribution >= 0.6 is 0 Å². The van der Waals surface area contributed by atoms with E-state index in [9.17, 15) is 0 Å². The number of aryl methyl sites for hydroxylation is 1. The molecule has 0 heterocycles. The Morgan fingerprint density at radius 1 is 1.19 bits per heavy atom. The van der Waals surface area contributed by atoms with E-state index in [0.717, 1.165) is 19.5 Å². The maximum atomic E-state index is 8.50. The van der Waals surface area contributed by atoms with Crippen LogP contribution in [0.15, 0.2) is 24.3 Å². The van der Waals surface area contributed by atoms with Crippen molar-refractivity contribution in [2.24, 2.45) is 0 Å². The van der Waals surface area contributed by atoms with Crippen molar-refractivity contribution in [1.29, 1.82) is 5.26 Å². The van der Waals surface area contributed by atoms with Crippen LogP contribution in [-0.4, -0.2) is 18.5 Å². The maximum Gasteiger partial charge on any atom is 0.0635 e. The highest BCUT2D eigenvalue weighted by molar-refractivity contribution is 5.22. The largest absolute Gasteiger partial charge is 0.301 e. The zero-order valence-corrected chi connectivity index (χ0v) is 10.2. The van der Waals surface area contributed by atoms with Crippen LogP contribution in [0.4, 0.5) is 0 Å². The minimum atomic E-state index is 0.602. The van der Waals surface area contributed by atoms with Crippen molar-refractivity contribution in [1.82, 2.24) is 4.90 Å². The molecule has 1 rings (SSSR count). The molecular formula is C14H20N2. The lowest BCUT2D eigenvalue weighted by atomic mass is 10.1. The van der Waals surface area contributed by atoms with Gasteiger partial charge in [-0.1, -0.05) is 37.6 Å². The van der Waals surface area contributed by atoms with Crippen molar-refractivity contribution in [3.63, 3.8) is 0 Å². The van der Waals surface area contributed by atoms with Crippen molar-refractivity contribution < 1.29 is 0 Å². The lowest BCUT2D eigenvalue weighted by molar-refractivity contribution is 0.335. The molecule has 0 bridgehead atoms. The third kappa shape index (κ3) is 4.46. The Labute approximate surface area is 98.5 Å². The van der Waals surface area contributed by atoms with Crippen LogP contribution in [0.3, 0.4) is 0 Å². The highest BCUT2D eigenvalue weighted by atomic mass is 15.1. The Morgan fingerprint density at radius 2 is 1.81 bits per heavy atom. The van der Waals surface area contributed by atoms with Crippen LogP contribution in [-0.2, 0) is 13.0 Å². The van der Waals surface area contributed by atoms with E-state index in [-0.39, 0.29) is 0 Å². The Kier molecular flexibility index (Phi) is 5.60. The molecule has 0 saturated carbocycles. The molecule has 0 fully saturated rings. The third-order valence-corrected chi connectivity index (χ3v) is 2.62. The molecule has 16 heavy (non-hydrogen) atoms. The molecule has 0 aliphatic carbocycles. The minimum Gasteiger partial charge on any atom is -0.301 e. The molecule has 0 aliphatic rings. The Balaban J connectivity index is 2.45. The summed E-state index contributed by atoms with van der Waals surface area (Å²) in [7, 11) is 2.05. The fourth-order valence-corrected chi connectivity index (χ4v) is 1.73. The minimum absolute atomic E-state index is 0.602. The Bertz CT molecular complexity index is 335. The maximum absolute atomic E-state index is 8.50. The summed E-state index contributed by atoms with van der Waals surface area (Å²) in [5.74, 6) is 0. The van der Waals surface area contributed by atoms with Gasteiger partial charge in [0.2, 0.25) is 0 Å². The van der Waals surface area contributed by atoms with Crippen LogP contribution < -0.4 is 0 Å².